The minimum absolute atomic E-state index is 0.362. The molecule has 92 valence electrons. The second-order valence-corrected chi connectivity index (χ2v) is 6.72. The van der Waals surface area contributed by atoms with Crippen LogP contribution in [0.2, 0.25) is 0 Å². The van der Waals surface area contributed by atoms with Crippen molar-refractivity contribution in [3.8, 4) is 0 Å². The zero-order valence-corrected chi connectivity index (χ0v) is 11.2. The molecule has 3 atom stereocenters. The Labute approximate surface area is 99.9 Å². The van der Waals surface area contributed by atoms with Gasteiger partial charge in [0.05, 0.1) is 5.60 Å². The van der Waals surface area contributed by atoms with Crippen LogP contribution in [-0.2, 0) is 0 Å². The number of rotatable bonds is 1. The molecule has 16 heavy (non-hydrogen) atoms. The maximum absolute atomic E-state index is 10.2. The molecule has 0 aromatic carbocycles. The van der Waals surface area contributed by atoms with Crippen molar-refractivity contribution in [2.75, 3.05) is 0 Å². The SMILES string of the molecule is C[C@H]1CCC=C2CC[C@@H](C(C)(C)O)C[C@@]21C. The summed E-state index contributed by atoms with van der Waals surface area (Å²) in [5.74, 6) is 1.24. The lowest BCUT2D eigenvalue weighted by atomic mass is 9.56. The van der Waals surface area contributed by atoms with Crippen molar-refractivity contribution in [3.05, 3.63) is 11.6 Å². The summed E-state index contributed by atoms with van der Waals surface area (Å²) in [6.45, 7) is 8.76. The number of aliphatic hydroxyl groups is 1. The van der Waals surface area contributed by atoms with Crippen LogP contribution in [0, 0.1) is 17.3 Å². The van der Waals surface area contributed by atoms with E-state index >= 15 is 0 Å². The van der Waals surface area contributed by atoms with Gasteiger partial charge in [-0.1, -0.05) is 25.5 Å². The molecule has 2 aliphatic rings. The van der Waals surface area contributed by atoms with Crippen molar-refractivity contribution >= 4 is 0 Å². The lowest BCUT2D eigenvalue weighted by Gasteiger charge is -2.49. The van der Waals surface area contributed by atoms with Gasteiger partial charge in [-0.3, -0.25) is 0 Å². The van der Waals surface area contributed by atoms with Gasteiger partial charge in [0, 0.05) is 0 Å². The highest BCUT2D eigenvalue weighted by molar-refractivity contribution is 5.21. The average molecular weight is 222 g/mol. The van der Waals surface area contributed by atoms with Gasteiger partial charge in [-0.15, -0.1) is 0 Å². The van der Waals surface area contributed by atoms with E-state index in [-0.39, 0.29) is 0 Å². The Kier molecular flexibility index (Phi) is 2.94. The van der Waals surface area contributed by atoms with Gasteiger partial charge >= 0.3 is 0 Å². The Bertz CT molecular complexity index is 297. The summed E-state index contributed by atoms with van der Waals surface area (Å²) in [5, 5.41) is 10.2. The molecule has 1 saturated carbocycles. The first-order valence-corrected chi connectivity index (χ1v) is 6.76. The van der Waals surface area contributed by atoms with Gasteiger partial charge in [-0.2, -0.15) is 0 Å². The van der Waals surface area contributed by atoms with Crippen LogP contribution in [0.4, 0.5) is 0 Å². The lowest BCUT2D eigenvalue weighted by Crippen LogP contribution is -2.43. The Balaban J connectivity index is 2.23. The molecule has 0 radical (unpaired) electrons. The summed E-state index contributed by atoms with van der Waals surface area (Å²) < 4.78 is 0. The monoisotopic (exact) mass is 222 g/mol. The quantitative estimate of drug-likeness (QED) is 0.667. The topological polar surface area (TPSA) is 20.2 Å². The number of allylic oxidation sites excluding steroid dienone is 2. The minimum Gasteiger partial charge on any atom is -0.390 e. The zero-order chi connectivity index (χ0) is 12.0. The van der Waals surface area contributed by atoms with Crippen molar-refractivity contribution in [1.29, 1.82) is 0 Å². The van der Waals surface area contributed by atoms with E-state index in [4.69, 9.17) is 0 Å². The molecular formula is C15H26O. The second-order valence-electron chi connectivity index (χ2n) is 6.72. The predicted molar refractivity (Wildman–Crippen MR) is 68.2 cm³/mol. The molecule has 1 heteroatoms. The van der Waals surface area contributed by atoms with Gasteiger partial charge < -0.3 is 5.11 Å². The molecule has 0 bridgehead atoms. The molecule has 0 aromatic rings. The van der Waals surface area contributed by atoms with Crippen molar-refractivity contribution in [2.24, 2.45) is 17.3 Å². The molecule has 1 fully saturated rings. The van der Waals surface area contributed by atoms with Crippen molar-refractivity contribution < 1.29 is 5.11 Å². The van der Waals surface area contributed by atoms with Gasteiger partial charge in [0.15, 0.2) is 0 Å². The van der Waals surface area contributed by atoms with Crippen LogP contribution >= 0.6 is 0 Å². The maximum atomic E-state index is 10.2. The normalized spacial score (nSPS) is 40.2. The van der Waals surface area contributed by atoms with Crippen LogP contribution in [-0.4, -0.2) is 10.7 Å². The third-order valence-electron chi connectivity index (χ3n) is 5.24. The van der Waals surface area contributed by atoms with E-state index in [1.54, 1.807) is 5.57 Å². The standard InChI is InChI=1S/C15H26O/c1-11-6-5-7-12-8-9-13(14(2,3)16)10-15(11,12)4/h7,11,13,16H,5-6,8-10H2,1-4H3/t11-,13+,15+/m0/s1. The average Bonchev–Trinajstić information content (AvgIpc) is 2.17. The molecule has 0 unspecified atom stereocenters. The van der Waals surface area contributed by atoms with E-state index in [1.807, 2.05) is 13.8 Å². The Morgan fingerprint density at radius 1 is 1.38 bits per heavy atom. The molecule has 2 rings (SSSR count). The van der Waals surface area contributed by atoms with Crippen molar-refractivity contribution in [2.45, 2.75) is 65.4 Å². The third kappa shape index (κ3) is 1.95. The molecule has 2 aliphatic carbocycles. The van der Waals surface area contributed by atoms with E-state index in [1.165, 1.54) is 25.7 Å². The van der Waals surface area contributed by atoms with Gasteiger partial charge in [0.2, 0.25) is 0 Å². The van der Waals surface area contributed by atoms with E-state index < -0.39 is 5.60 Å². The molecule has 0 amide bonds. The summed E-state index contributed by atoms with van der Waals surface area (Å²) in [7, 11) is 0. The third-order valence-corrected chi connectivity index (χ3v) is 5.24. The summed E-state index contributed by atoms with van der Waals surface area (Å²) in [6, 6.07) is 0. The maximum Gasteiger partial charge on any atom is 0.0620 e. The minimum atomic E-state index is -0.508. The van der Waals surface area contributed by atoms with Crippen LogP contribution in [0.25, 0.3) is 0 Å². The first-order chi connectivity index (χ1) is 7.34. The molecule has 0 saturated heterocycles. The molecule has 1 nitrogen and oxygen atoms in total. The Morgan fingerprint density at radius 2 is 2.06 bits per heavy atom. The number of fused-ring (bicyclic) bond motifs is 1. The highest BCUT2D eigenvalue weighted by atomic mass is 16.3. The molecule has 1 N–H and O–H groups in total. The molecule has 0 aliphatic heterocycles. The first-order valence-electron chi connectivity index (χ1n) is 6.76. The number of hydrogen-bond donors (Lipinski definition) is 1. The van der Waals surface area contributed by atoms with E-state index in [2.05, 4.69) is 19.9 Å². The molecule has 0 heterocycles. The summed E-state index contributed by atoms with van der Waals surface area (Å²) in [4.78, 5) is 0. The Hall–Kier alpha value is -0.300. The molecule has 0 spiro atoms. The van der Waals surface area contributed by atoms with Gasteiger partial charge in [0.25, 0.3) is 0 Å². The summed E-state index contributed by atoms with van der Waals surface area (Å²) >= 11 is 0. The summed E-state index contributed by atoms with van der Waals surface area (Å²) in [6.07, 6.45) is 8.59. The highest BCUT2D eigenvalue weighted by Gasteiger charge is 2.44. The van der Waals surface area contributed by atoms with Crippen LogP contribution in [0.5, 0.6) is 0 Å². The fourth-order valence-electron chi connectivity index (χ4n) is 3.64. The van der Waals surface area contributed by atoms with Crippen LogP contribution in [0.1, 0.15) is 59.8 Å². The summed E-state index contributed by atoms with van der Waals surface area (Å²) in [5.41, 5.74) is 1.53. The van der Waals surface area contributed by atoms with Crippen LogP contribution in [0.3, 0.4) is 0 Å². The molecule has 0 aromatic heterocycles. The van der Waals surface area contributed by atoms with E-state index in [0.717, 1.165) is 12.3 Å². The zero-order valence-electron chi connectivity index (χ0n) is 11.2. The van der Waals surface area contributed by atoms with Crippen molar-refractivity contribution in [1.82, 2.24) is 0 Å². The van der Waals surface area contributed by atoms with Crippen LogP contribution in [0.15, 0.2) is 11.6 Å². The van der Waals surface area contributed by atoms with E-state index in [0.29, 0.717) is 11.3 Å². The molecular weight excluding hydrogens is 196 g/mol. The smallest absolute Gasteiger partial charge is 0.0620 e. The number of hydrogen-bond acceptors (Lipinski definition) is 1. The first kappa shape index (κ1) is 12.2. The largest absolute Gasteiger partial charge is 0.390 e. The van der Waals surface area contributed by atoms with Gasteiger partial charge in [-0.25, -0.2) is 0 Å². The van der Waals surface area contributed by atoms with E-state index in [9.17, 15) is 5.11 Å². The van der Waals surface area contributed by atoms with Gasteiger partial charge in [-0.05, 0) is 63.2 Å². The van der Waals surface area contributed by atoms with Gasteiger partial charge in [0.1, 0.15) is 0 Å². The van der Waals surface area contributed by atoms with Crippen LogP contribution < -0.4 is 0 Å². The second kappa shape index (κ2) is 3.87. The Morgan fingerprint density at radius 3 is 2.69 bits per heavy atom. The highest BCUT2D eigenvalue weighted by Crippen LogP contribution is 2.53. The fourth-order valence-corrected chi connectivity index (χ4v) is 3.64. The fraction of sp³-hybridized carbons (Fsp3) is 0.867. The lowest BCUT2D eigenvalue weighted by molar-refractivity contribution is -0.0245. The van der Waals surface area contributed by atoms with Crippen molar-refractivity contribution in [3.63, 3.8) is 0 Å². The predicted octanol–water partition coefficient (Wildman–Crippen LogP) is 3.92.